The lowest BCUT2D eigenvalue weighted by Crippen LogP contribution is -2.19. The van der Waals surface area contributed by atoms with Crippen LogP contribution in [0.2, 0.25) is 5.02 Å². The Balaban J connectivity index is 1.77. The maximum Gasteiger partial charge on any atom is 0.229 e. The first kappa shape index (κ1) is 17.4. The summed E-state index contributed by atoms with van der Waals surface area (Å²) in [6.07, 6.45) is 1.42. The second kappa shape index (κ2) is 6.43. The highest BCUT2D eigenvalue weighted by molar-refractivity contribution is 6.31. The van der Waals surface area contributed by atoms with Crippen LogP contribution in [0.1, 0.15) is 48.2 Å². The Bertz CT molecular complexity index is 1290. The van der Waals surface area contributed by atoms with E-state index in [1.165, 1.54) is 6.26 Å². The molecule has 5 nitrogen and oxygen atoms in total. The molecule has 6 heteroatoms. The van der Waals surface area contributed by atoms with Gasteiger partial charge in [0.1, 0.15) is 5.76 Å². The van der Waals surface area contributed by atoms with Gasteiger partial charge in [-0.3, -0.25) is 14.4 Å². The molecule has 0 bridgehead atoms. The zero-order valence-electron chi connectivity index (χ0n) is 14.8. The fraction of sp³-hybridized carbons (Fsp3) is 0. The molecule has 0 atom stereocenters. The molecule has 0 aliphatic heterocycles. The summed E-state index contributed by atoms with van der Waals surface area (Å²) in [6.45, 7) is 0. The fourth-order valence-corrected chi connectivity index (χ4v) is 3.62. The van der Waals surface area contributed by atoms with E-state index in [4.69, 9.17) is 20.4 Å². The van der Waals surface area contributed by atoms with Crippen molar-refractivity contribution in [1.82, 2.24) is 0 Å². The van der Waals surface area contributed by atoms with Crippen molar-refractivity contribution >= 4 is 29.0 Å². The number of rotatable bonds is 3. The Morgan fingerprint density at radius 2 is 1.48 bits per heavy atom. The van der Waals surface area contributed by atoms with E-state index in [1.54, 1.807) is 60.7 Å². The number of furan rings is 2. The molecule has 29 heavy (non-hydrogen) atoms. The van der Waals surface area contributed by atoms with E-state index >= 15 is 0 Å². The largest absolute Gasteiger partial charge is 0.464 e. The van der Waals surface area contributed by atoms with Crippen molar-refractivity contribution in [2.45, 2.75) is 0 Å². The van der Waals surface area contributed by atoms with Crippen LogP contribution >= 0.6 is 11.6 Å². The van der Waals surface area contributed by atoms with Gasteiger partial charge in [0, 0.05) is 21.7 Å². The molecule has 2 aromatic carbocycles. The molecule has 1 aliphatic rings. The number of benzene rings is 2. The Kier molecular flexibility index (Phi) is 3.86. The minimum absolute atomic E-state index is 0.0426. The molecule has 0 amide bonds. The van der Waals surface area contributed by atoms with Crippen molar-refractivity contribution < 1.29 is 23.2 Å². The Labute approximate surface area is 169 Å². The van der Waals surface area contributed by atoms with Gasteiger partial charge in [-0.25, -0.2) is 0 Å². The highest BCUT2D eigenvalue weighted by Gasteiger charge is 2.40. The highest BCUT2D eigenvalue weighted by Crippen LogP contribution is 2.40. The van der Waals surface area contributed by atoms with Crippen LogP contribution in [0, 0.1) is 0 Å². The van der Waals surface area contributed by atoms with Gasteiger partial charge in [-0.1, -0.05) is 35.9 Å². The molecule has 0 saturated heterocycles. The van der Waals surface area contributed by atoms with Crippen molar-refractivity contribution in [3.63, 3.8) is 0 Å². The van der Waals surface area contributed by atoms with Crippen LogP contribution < -0.4 is 0 Å². The smallest absolute Gasteiger partial charge is 0.229 e. The maximum atomic E-state index is 13.2. The van der Waals surface area contributed by atoms with Gasteiger partial charge in [0.25, 0.3) is 0 Å². The predicted molar refractivity (Wildman–Crippen MR) is 105 cm³/mol. The molecule has 0 fully saturated rings. The van der Waals surface area contributed by atoms with Crippen molar-refractivity contribution in [1.29, 1.82) is 0 Å². The third-order valence-corrected chi connectivity index (χ3v) is 5.09. The van der Waals surface area contributed by atoms with E-state index in [0.29, 0.717) is 10.6 Å². The Morgan fingerprint density at radius 1 is 0.793 bits per heavy atom. The zero-order chi connectivity index (χ0) is 20.1. The molecule has 0 radical (unpaired) electrons. The number of carbonyl (C=O) groups is 3. The van der Waals surface area contributed by atoms with Gasteiger partial charge in [-0.15, -0.1) is 0 Å². The molecular formula is C23H11ClO5. The molecule has 4 aromatic rings. The number of ketones is 3. The van der Waals surface area contributed by atoms with Crippen LogP contribution in [0.3, 0.4) is 0 Å². The van der Waals surface area contributed by atoms with Gasteiger partial charge in [0.2, 0.25) is 11.6 Å². The minimum atomic E-state index is -0.480. The van der Waals surface area contributed by atoms with Crippen molar-refractivity contribution in [3.05, 3.63) is 106 Å². The Hall–Kier alpha value is -3.70. The average Bonchev–Trinajstić information content (AvgIpc) is 3.40. The first-order valence-electron chi connectivity index (χ1n) is 8.75. The van der Waals surface area contributed by atoms with Crippen LogP contribution in [0.5, 0.6) is 0 Å². The standard InChI is InChI=1S/C23H11ClO5/c24-13-9-7-12(8-10-13)19(25)22-17(16-6-3-11-28-16)18-20(26)14-4-1-2-5-15(14)21(27)23(18)29-22/h1-11H. The van der Waals surface area contributed by atoms with Crippen molar-refractivity contribution in [2.24, 2.45) is 0 Å². The lowest BCUT2D eigenvalue weighted by molar-refractivity contribution is 0.0951. The van der Waals surface area contributed by atoms with Crippen LogP contribution in [-0.2, 0) is 0 Å². The third kappa shape index (κ3) is 2.59. The van der Waals surface area contributed by atoms with Crippen LogP contribution in [-0.4, -0.2) is 17.3 Å². The van der Waals surface area contributed by atoms with E-state index < -0.39 is 11.6 Å². The van der Waals surface area contributed by atoms with Gasteiger partial charge in [-0.2, -0.15) is 0 Å². The van der Waals surface area contributed by atoms with E-state index in [2.05, 4.69) is 0 Å². The first-order valence-corrected chi connectivity index (χ1v) is 9.13. The summed E-state index contributed by atoms with van der Waals surface area (Å²) < 4.78 is 11.2. The molecule has 1 aliphatic carbocycles. The quantitative estimate of drug-likeness (QED) is 0.387. The zero-order valence-corrected chi connectivity index (χ0v) is 15.5. The second-order valence-electron chi connectivity index (χ2n) is 6.53. The van der Waals surface area contributed by atoms with Gasteiger partial charge in [-0.05, 0) is 36.4 Å². The van der Waals surface area contributed by atoms with E-state index in [9.17, 15) is 14.4 Å². The number of fused-ring (bicyclic) bond motifs is 2. The average molecular weight is 403 g/mol. The summed E-state index contributed by atoms with van der Waals surface area (Å²) in [4.78, 5) is 39.4. The molecule has 2 aromatic heterocycles. The summed E-state index contributed by atoms with van der Waals surface area (Å²) >= 11 is 5.91. The SMILES string of the molecule is O=C1c2ccccc2C(=O)c2c1oc(C(=O)c1ccc(Cl)cc1)c2-c1ccco1. The summed E-state index contributed by atoms with van der Waals surface area (Å²) in [5, 5.41) is 0.479. The summed E-state index contributed by atoms with van der Waals surface area (Å²) in [7, 11) is 0. The lowest BCUT2D eigenvalue weighted by Gasteiger charge is -2.13. The highest BCUT2D eigenvalue weighted by atomic mass is 35.5. The van der Waals surface area contributed by atoms with E-state index in [0.717, 1.165) is 0 Å². The fourth-order valence-electron chi connectivity index (χ4n) is 3.49. The predicted octanol–water partition coefficient (Wildman–Crippen LogP) is 5.20. The topological polar surface area (TPSA) is 77.5 Å². The molecule has 140 valence electrons. The summed E-state index contributed by atoms with van der Waals surface area (Å²) in [5.41, 5.74) is 1.05. The minimum Gasteiger partial charge on any atom is -0.464 e. The third-order valence-electron chi connectivity index (χ3n) is 4.84. The first-order chi connectivity index (χ1) is 14.1. The molecule has 0 saturated carbocycles. The monoisotopic (exact) mass is 402 g/mol. The number of hydrogen-bond acceptors (Lipinski definition) is 5. The molecular weight excluding hydrogens is 392 g/mol. The summed E-state index contributed by atoms with van der Waals surface area (Å²) in [5.74, 6) is -1.32. The van der Waals surface area contributed by atoms with Gasteiger partial charge in [0.15, 0.2) is 17.3 Å². The van der Waals surface area contributed by atoms with Gasteiger partial charge >= 0.3 is 0 Å². The van der Waals surface area contributed by atoms with Gasteiger partial charge in [0.05, 0.1) is 17.4 Å². The van der Waals surface area contributed by atoms with Crippen LogP contribution in [0.15, 0.2) is 75.8 Å². The molecule has 0 N–H and O–H groups in total. The van der Waals surface area contributed by atoms with Crippen LogP contribution in [0.4, 0.5) is 0 Å². The molecule has 5 rings (SSSR count). The summed E-state index contributed by atoms with van der Waals surface area (Å²) in [6, 6.07) is 16.0. The van der Waals surface area contributed by atoms with Crippen molar-refractivity contribution in [2.75, 3.05) is 0 Å². The maximum absolute atomic E-state index is 13.2. The van der Waals surface area contributed by atoms with Crippen molar-refractivity contribution in [3.8, 4) is 11.3 Å². The van der Waals surface area contributed by atoms with Gasteiger partial charge < -0.3 is 8.83 Å². The number of carbonyl (C=O) groups excluding carboxylic acids is 3. The van der Waals surface area contributed by atoms with E-state index in [-0.39, 0.29) is 45.3 Å². The second-order valence-corrected chi connectivity index (χ2v) is 6.96. The molecule has 0 unspecified atom stereocenters. The Morgan fingerprint density at radius 3 is 2.14 bits per heavy atom. The van der Waals surface area contributed by atoms with Crippen LogP contribution in [0.25, 0.3) is 11.3 Å². The normalized spacial score (nSPS) is 12.6. The van der Waals surface area contributed by atoms with E-state index in [1.807, 2.05) is 0 Å². The number of hydrogen-bond donors (Lipinski definition) is 0. The number of halogens is 1. The molecule has 0 spiro atoms. The lowest BCUT2D eigenvalue weighted by atomic mass is 9.85. The molecule has 2 heterocycles.